The van der Waals surface area contributed by atoms with E-state index in [9.17, 15) is 13.2 Å². The predicted molar refractivity (Wildman–Crippen MR) is 69.1 cm³/mol. The first kappa shape index (κ1) is 14.8. The molecule has 7 nitrogen and oxygen atoms in total. The number of nitrogens with zero attached hydrogens (tertiary/aromatic N) is 1. The van der Waals surface area contributed by atoms with Crippen LogP contribution in [-0.4, -0.2) is 56.7 Å². The van der Waals surface area contributed by atoms with Gasteiger partial charge in [-0.1, -0.05) is 12.1 Å². The third-order valence-corrected chi connectivity index (χ3v) is 4.97. The van der Waals surface area contributed by atoms with Crippen LogP contribution in [0.5, 0.6) is 5.75 Å². The molecular weight excluding hydrogens is 286 g/mol. The molecule has 110 valence electrons. The van der Waals surface area contributed by atoms with Gasteiger partial charge in [-0.3, -0.25) is 4.79 Å². The van der Waals surface area contributed by atoms with Gasteiger partial charge in [-0.25, -0.2) is 8.42 Å². The maximum absolute atomic E-state index is 12.6. The minimum absolute atomic E-state index is 0.00263. The zero-order valence-electron chi connectivity index (χ0n) is 10.9. The molecule has 1 atom stereocenters. The smallest absolute Gasteiger partial charge is 0.324 e. The fraction of sp³-hybridized carbons (Fsp3) is 0.417. The highest BCUT2D eigenvalue weighted by Crippen LogP contribution is 2.28. The van der Waals surface area contributed by atoms with E-state index in [-0.39, 0.29) is 30.4 Å². The van der Waals surface area contributed by atoms with E-state index in [2.05, 4.69) is 0 Å². The predicted octanol–water partition coefficient (Wildman–Crippen LogP) is 0.169. The summed E-state index contributed by atoms with van der Waals surface area (Å²) >= 11 is 0. The number of ether oxygens (including phenoxy) is 2. The Labute approximate surface area is 116 Å². The number of carbonyl (C=O) groups is 1. The van der Waals surface area contributed by atoms with Gasteiger partial charge in [-0.15, -0.1) is 0 Å². The topological polar surface area (TPSA) is 93.1 Å². The van der Waals surface area contributed by atoms with Crippen molar-refractivity contribution in [1.29, 1.82) is 0 Å². The molecule has 1 heterocycles. The van der Waals surface area contributed by atoms with Gasteiger partial charge in [-0.05, 0) is 12.1 Å². The summed E-state index contributed by atoms with van der Waals surface area (Å²) in [5.74, 6) is -1.05. The molecule has 1 N–H and O–H groups in total. The molecule has 8 heteroatoms. The second-order valence-corrected chi connectivity index (χ2v) is 6.05. The lowest BCUT2D eigenvalue weighted by Crippen LogP contribution is -2.52. The van der Waals surface area contributed by atoms with E-state index in [0.717, 1.165) is 4.31 Å². The van der Waals surface area contributed by atoms with E-state index in [1.165, 1.54) is 19.2 Å². The Morgan fingerprint density at radius 1 is 1.45 bits per heavy atom. The molecule has 1 saturated heterocycles. The highest BCUT2D eigenvalue weighted by molar-refractivity contribution is 7.89. The van der Waals surface area contributed by atoms with Crippen molar-refractivity contribution < 1.29 is 27.8 Å². The molecule has 2 rings (SSSR count). The molecule has 1 aliphatic heterocycles. The molecule has 0 amide bonds. The van der Waals surface area contributed by atoms with E-state index in [1.807, 2.05) is 0 Å². The molecule has 1 unspecified atom stereocenters. The zero-order chi connectivity index (χ0) is 14.8. The normalized spacial score (nSPS) is 20.6. The Kier molecular flexibility index (Phi) is 4.26. The summed E-state index contributed by atoms with van der Waals surface area (Å²) in [6.45, 7) is -0.000774. The summed E-state index contributed by atoms with van der Waals surface area (Å²) in [6, 6.07) is 4.89. The average molecular weight is 301 g/mol. The molecule has 1 aromatic rings. The third kappa shape index (κ3) is 2.62. The maximum atomic E-state index is 12.6. The summed E-state index contributed by atoms with van der Waals surface area (Å²) in [7, 11) is -2.59. The van der Waals surface area contributed by atoms with Crippen molar-refractivity contribution in [2.75, 3.05) is 26.9 Å². The van der Waals surface area contributed by atoms with Gasteiger partial charge in [0.05, 0.1) is 20.3 Å². The average Bonchev–Trinajstić information content (AvgIpc) is 2.47. The first-order valence-corrected chi connectivity index (χ1v) is 7.38. The van der Waals surface area contributed by atoms with Gasteiger partial charge < -0.3 is 14.6 Å². The van der Waals surface area contributed by atoms with E-state index in [1.54, 1.807) is 12.1 Å². The number of sulfonamides is 1. The lowest BCUT2D eigenvalue weighted by molar-refractivity contribution is -0.146. The Morgan fingerprint density at radius 3 is 2.80 bits per heavy atom. The summed E-state index contributed by atoms with van der Waals surface area (Å²) < 4.78 is 36.2. The second-order valence-electron chi connectivity index (χ2n) is 4.20. The van der Waals surface area contributed by atoms with Crippen LogP contribution in [-0.2, 0) is 19.6 Å². The summed E-state index contributed by atoms with van der Waals surface area (Å²) in [4.78, 5) is 11.1. The molecule has 1 aliphatic rings. The van der Waals surface area contributed by atoms with Crippen molar-refractivity contribution in [2.24, 2.45) is 0 Å². The van der Waals surface area contributed by atoms with Gasteiger partial charge >= 0.3 is 5.97 Å². The van der Waals surface area contributed by atoms with Crippen molar-refractivity contribution in [2.45, 2.75) is 10.9 Å². The molecule has 0 saturated carbocycles. The van der Waals surface area contributed by atoms with E-state index >= 15 is 0 Å². The molecule has 0 radical (unpaired) electrons. The van der Waals surface area contributed by atoms with Gasteiger partial charge in [0.15, 0.2) is 0 Å². The van der Waals surface area contributed by atoms with Gasteiger partial charge in [0.1, 0.15) is 16.7 Å². The number of carboxylic acid groups (broad SMARTS) is 1. The maximum Gasteiger partial charge on any atom is 0.324 e. The molecule has 20 heavy (non-hydrogen) atoms. The number of methoxy groups -OCH3 is 1. The molecule has 0 aromatic heterocycles. The number of benzene rings is 1. The minimum Gasteiger partial charge on any atom is -0.495 e. The van der Waals surface area contributed by atoms with Crippen LogP contribution in [0.1, 0.15) is 0 Å². The molecular formula is C12H15NO6S. The Bertz CT molecular complexity index is 600. The highest BCUT2D eigenvalue weighted by Gasteiger charge is 2.39. The SMILES string of the molecule is COc1ccccc1S(=O)(=O)N1CCOCC1C(=O)O. The van der Waals surface area contributed by atoms with Crippen LogP contribution in [0.3, 0.4) is 0 Å². The van der Waals surface area contributed by atoms with E-state index in [4.69, 9.17) is 14.6 Å². The largest absolute Gasteiger partial charge is 0.495 e. The quantitative estimate of drug-likeness (QED) is 0.852. The molecule has 0 spiro atoms. The van der Waals surface area contributed by atoms with Crippen molar-refractivity contribution in [3.8, 4) is 5.75 Å². The van der Waals surface area contributed by atoms with Crippen LogP contribution >= 0.6 is 0 Å². The van der Waals surface area contributed by atoms with Crippen LogP contribution in [0.2, 0.25) is 0 Å². The lowest BCUT2D eigenvalue weighted by Gasteiger charge is -2.32. The molecule has 1 fully saturated rings. The van der Waals surface area contributed by atoms with Crippen LogP contribution in [0, 0.1) is 0 Å². The number of hydrogen-bond acceptors (Lipinski definition) is 5. The van der Waals surface area contributed by atoms with Crippen molar-refractivity contribution in [1.82, 2.24) is 4.31 Å². The second kappa shape index (κ2) is 5.78. The summed E-state index contributed by atoms with van der Waals surface area (Å²) in [6.07, 6.45) is 0. The van der Waals surface area contributed by atoms with Gasteiger partial charge in [0.25, 0.3) is 0 Å². The summed E-state index contributed by atoms with van der Waals surface area (Å²) in [5, 5.41) is 9.13. The first-order valence-electron chi connectivity index (χ1n) is 5.94. The van der Waals surface area contributed by atoms with Crippen molar-refractivity contribution in [3.63, 3.8) is 0 Å². The Balaban J connectivity index is 2.45. The van der Waals surface area contributed by atoms with Crippen LogP contribution < -0.4 is 4.74 Å². The fourth-order valence-corrected chi connectivity index (χ4v) is 3.74. The number of para-hydroxylation sites is 1. The molecule has 1 aromatic carbocycles. The van der Waals surface area contributed by atoms with Crippen LogP contribution in [0.4, 0.5) is 0 Å². The van der Waals surface area contributed by atoms with Crippen LogP contribution in [0.15, 0.2) is 29.2 Å². The van der Waals surface area contributed by atoms with Crippen LogP contribution in [0.25, 0.3) is 0 Å². The third-order valence-electron chi connectivity index (χ3n) is 3.02. The Morgan fingerprint density at radius 2 is 2.15 bits per heavy atom. The lowest BCUT2D eigenvalue weighted by atomic mass is 10.3. The monoisotopic (exact) mass is 301 g/mol. The summed E-state index contributed by atoms with van der Waals surface area (Å²) in [5.41, 5.74) is 0. The Hall–Kier alpha value is -1.64. The minimum atomic E-state index is -3.95. The fourth-order valence-electron chi connectivity index (χ4n) is 2.03. The zero-order valence-corrected chi connectivity index (χ0v) is 11.7. The van der Waals surface area contributed by atoms with Crippen molar-refractivity contribution >= 4 is 16.0 Å². The van der Waals surface area contributed by atoms with Gasteiger partial charge in [-0.2, -0.15) is 4.31 Å². The van der Waals surface area contributed by atoms with E-state index in [0.29, 0.717) is 0 Å². The number of hydrogen-bond donors (Lipinski definition) is 1. The first-order chi connectivity index (χ1) is 9.48. The number of morpholine rings is 1. The van der Waals surface area contributed by atoms with Gasteiger partial charge in [0.2, 0.25) is 10.0 Å². The highest BCUT2D eigenvalue weighted by atomic mass is 32.2. The molecule has 0 aliphatic carbocycles. The number of carboxylic acids is 1. The molecule has 0 bridgehead atoms. The standard InChI is InChI=1S/C12H15NO6S/c1-18-10-4-2-3-5-11(10)20(16,17)13-6-7-19-8-9(13)12(14)15/h2-5,9H,6-8H2,1H3,(H,14,15). The van der Waals surface area contributed by atoms with Gasteiger partial charge in [0, 0.05) is 6.54 Å². The number of aliphatic carboxylic acids is 1. The number of rotatable bonds is 4. The van der Waals surface area contributed by atoms with Crippen molar-refractivity contribution in [3.05, 3.63) is 24.3 Å². The van der Waals surface area contributed by atoms with E-state index < -0.39 is 22.0 Å².